The number of rotatable bonds is 5. The molecule has 0 aromatic rings. The number of halogens is 3. The first-order valence-corrected chi connectivity index (χ1v) is 5.94. The second-order valence-electron chi connectivity index (χ2n) is 4.44. The van der Waals surface area contributed by atoms with Crippen LogP contribution in [0.15, 0.2) is 0 Å². The van der Waals surface area contributed by atoms with Gasteiger partial charge in [0.15, 0.2) is 0 Å². The zero-order valence-electron chi connectivity index (χ0n) is 9.67. The molecule has 0 saturated carbocycles. The third kappa shape index (κ3) is 4.93. The van der Waals surface area contributed by atoms with E-state index in [9.17, 15) is 18.0 Å². The van der Waals surface area contributed by atoms with E-state index in [1.165, 1.54) is 4.90 Å². The van der Waals surface area contributed by atoms with Crippen molar-refractivity contribution in [3.8, 4) is 0 Å². The Kier molecular flexibility index (Phi) is 5.24. The Morgan fingerprint density at radius 3 is 2.59 bits per heavy atom. The van der Waals surface area contributed by atoms with Crippen molar-refractivity contribution in [3.05, 3.63) is 0 Å². The summed E-state index contributed by atoms with van der Waals surface area (Å²) >= 11 is 0. The predicted octanol–water partition coefficient (Wildman–Crippen LogP) is 2.66. The summed E-state index contributed by atoms with van der Waals surface area (Å²) in [5.74, 6) is -0.893. The van der Waals surface area contributed by atoms with Crippen LogP contribution in [0, 0.1) is 0 Å². The Morgan fingerprint density at radius 1 is 1.29 bits per heavy atom. The molecule has 1 aliphatic rings. The highest BCUT2D eigenvalue weighted by Crippen LogP contribution is 2.31. The van der Waals surface area contributed by atoms with Gasteiger partial charge in [0.1, 0.15) is 6.04 Å². The third-order valence-corrected chi connectivity index (χ3v) is 3.08. The quantitative estimate of drug-likeness (QED) is 0.766. The molecule has 1 saturated heterocycles. The van der Waals surface area contributed by atoms with Gasteiger partial charge in [-0.15, -0.1) is 0 Å². The maximum absolute atomic E-state index is 12.7. The number of hydrogen-bond acceptors (Lipinski definition) is 2. The van der Waals surface area contributed by atoms with Crippen molar-refractivity contribution >= 4 is 5.97 Å². The minimum absolute atomic E-state index is 0.0323. The molecule has 100 valence electrons. The molecule has 0 spiro atoms. The Labute approximate surface area is 98.6 Å². The predicted molar refractivity (Wildman–Crippen MR) is 56.8 cm³/mol. The summed E-state index contributed by atoms with van der Waals surface area (Å²) in [5.41, 5.74) is 0. The number of nitrogens with zero attached hydrogens (tertiary/aromatic N) is 1. The van der Waals surface area contributed by atoms with E-state index in [4.69, 9.17) is 5.11 Å². The summed E-state index contributed by atoms with van der Waals surface area (Å²) in [6, 6.07) is -1.33. The van der Waals surface area contributed by atoms with Gasteiger partial charge < -0.3 is 5.11 Å². The Morgan fingerprint density at radius 2 is 2.00 bits per heavy atom. The summed E-state index contributed by atoms with van der Waals surface area (Å²) in [6.45, 7) is 0.814. The lowest BCUT2D eigenvalue weighted by Crippen LogP contribution is -2.48. The highest BCUT2D eigenvalue weighted by molar-refractivity contribution is 5.66. The number of piperidine rings is 1. The number of unbranched alkanes of at least 4 members (excludes halogenated alkanes) is 1. The fraction of sp³-hybridized carbons (Fsp3) is 0.909. The molecular weight excluding hydrogens is 235 g/mol. The molecule has 0 aromatic carbocycles. The first kappa shape index (κ1) is 14.3. The van der Waals surface area contributed by atoms with Gasteiger partial charge in [0.05, 0.1) is 0 Å². The molecule has 1 N–H and O–H groups in total. The molecule has 1 heterocycles. The zero-order valence-corrected chi connectivity index (χ0v) is 9.67. The van der Waals surface area contributed by atoms with Gasteiger partial charge >= 0.3 is 12.1 Å². The van der Waals surface area contributed by atoms with Crippen molar-refractivity contribution in [2.75, 3.05) is 13.1 Å². The van der Waals surface area contributed by atoms with Gasteiger partial charge in [-0.2, -0.15) is 13.2 Å². The molecule has 1 atom stereocenters. The van der Waals surface area contributed by atoms with Gasteiger partial charge in [0.25, 0.3) is 0 Å². The molecule has 0 aliphatic carbocycles. The van der Waals surface area contributed by atoms with Crippen molar-refractivity contribution in [2.24, 2.45) is 0 Å². The summed E-state index contributed by atoms with van der Waals surface area (Å²) < 4.78 is 38.1. The molecule has 0 unspecified atom stereocenters. The maximum atomic E-state index is 12.7. The number of alkyl halides is 3. The molecule has 1 rings (SSSR count). The average molecular weight is 253 g/mol. The SMILES string of the molecule is O=C(O)CCCCN1CCCC[C@@H]1C(F)(F)F. The number of carboxylic acid groups (broad SMARTS) is 1. The molecule has 17 heavy (non-hydrogen) atoms. The van der Waals surface area contributed by atoms with Crippen molar-refractivity contribution in [3.63, 3.8) is 0 Å². The standard InChI is InChI=1S/C11H18F3NO2/c12-11(13,14)9-5-1-3-7-15(9)8-4-2-6-10(16)17/h9H,1-8H2,(H,16,17)/t9-/m1/s1. The minimum Gasteiger partial charge on any atom is -0.481 e. The lowest BCUT2D eigenvalue weighted by molar-refractivity contribution is -0.191. The largest absolute Gasteiger partial charge is 0.481 e. The summed E-state index contributed by atoms with van der Waals surface area (Å²) in [6.07, 6.45) is -1.59. The number of hydrogen-bond donors (Lipinski definition) is 1. The molecule has 0 amide bonds. The lowest BCUT2D eigenvalue weighted by Gasteiger charge is -2.36. The van der Waals surface area contributed by atoms with Crippen LogP contribution in [0.2, 0.25) is 0 Å². The van der Waals surface area contributed by atoms with E-state index in [-0.39, 0.29) is 12.8 Å². The molecule has 1 fully saturated rings. The maximum Gasteiger partial charge on any atom is 0.404 e. The number of likely N-dealkylation sites (tertiary alicyclic amines) is 1. The van der Waals surface area contributed by atoms with E-state index in [1.807, 2.05) is 0 Å². The van der Waals surface area contributed by atoms with Gasteiger partial charge in [-0.3, -0.25) is 9.69 Å². The Balaban J connectivity index is 2.35. The topological polar surface area (TPSA) is 40.5 Å². The lowest BCUT2D eigenvalue weighted by atomic mass is 10.0. The molecule has 6 heteroatoms. The number of carbonyl (C=O) groups is 1. The van der Waals surface area contributed by atoms with Crippen molar-refractivity contribution in [2.45, 2.75) is 50.7 Å². The first-order chi connectivity index (χ1) is 7.91. The fourth-order valence-corrected chi connectivity index (χ4v) is 2.22. The second kappa shape index (κ2) is 6.23. The minimum atomic E-state index is -4.16. The molecule has 1 aliphatic heterocycles. The third-order valence-electron chi connectivity index (χ3n) is 3.08. The fourth-order valence-electron chi connectivity index (χ4n) is 2.22. The van der Waals surface area contributed by atoms with Gasteiger partial charge in [0, 0.05) is 6.42 Å². The number of aliphatic carboxylic acids is 1. The molecular formula is C11H18F3NO2. The Bertz CT molecular complexity index is 256. The van der Waals surface area contributed by atoms with Gasteiger partial charge in [-0.1, -0.05) is 6.42 Å². The van der Waals surface area contributed by atoms with E-state index < -0.39 is 18.2 Å². The highest BCUT2D eigenvalue weighted by Gasteiger charge is 2.43. The van der Waals surface area contributed by atoms with Gasteiger partial charge in [-0.05, 0) is 38.8 Å². The van der Waals surface area contributed by atoms with Crippen molar-refractivity contribution < 1.29 is 23.1 Å². The van der Waals surface area contributed by atoms with E-state index in [1.54, 1.807) is 0 Å². The summed E-state index contributed by atoms with van der Waals surface area (Å²) in [7, 11) is 0. The van der Waals surface area contributed by atoms with Crippen LogP contribution in [-0.4, -0.2) is 41.3 Å². The highest BCUT2D eigenvalue weighted by atomic mass is 19.4. The summed E-state index contributed by atoms with van der Waals surface area (Å²) in [5, 5.41) is 8.44. The number of carboxylic acids is 1. The van der Waals surface area contributed by atoms with Crippen LogP contribution in [-0.2, 0) is 4.79 Å². The average Bonchev–Trinajstić information content (AvgIpc) is 2.23. The second-order valence-corrected chi connectivity index (χ2v) is 4.44. The first-order valence-electron chi connectivity index (χ1n) is 5.94. The zero-order chi connectivity index (χ0) is 12.9. The molecule has 0 radical (unpaired) electrons. The van der Waals surface area contributed by atoms with E-state index in [0.29, 0.717) is 32.4 Å². The normalized spacial score (nSPS) is 22.6. The van der Waals surface area contributed by atoms with Crippen LogP contribution in [0.25, 0.3) is 0 Å². The van der Waals surface area contributed by atoms with Crippen LogP contribution in [0.5, 0.6) is 0 Å². The molecule has 0 bridgehead atoms. The smallest absolute Gasteiger partial charge is 0.404 e. The van der Waals surface area contributed by atoms with Gasteiger partial charge in [-0.25, -0.2) is 0 Å². The van der Waals surface area contributed by atoms with E-state index >= 15 is 0 Å². The van der Waals surface area contributed by atoms with Crippen molar-refractivity contribution in [1.82, 2.24) is 4.90 Å². The molecule has 0 aromatic heterocycles. The van der Waals surface area contributed by atoms with Crippen LogP contribution < -0.4 is 0 Å². The van der Waals surface area contributed by atoms with Crippen LogP contribution in [0.1, 0.15) is 38.5 Å². The van der Waals surface area contributed by atoms with Crippen LogP contribution in [0.4, 0.5) is 13.2 Å². The van der Waals surface area contributed by atoms with Crippen molar-refractivity contribution in [1.29, 1.82) is 0 Å². The van der Waals surface area contributed by atoms with Crippen LogP contribution >= 0.6 is 0 Å². The summed E-state index contributed by atoms with van der Waals surface area (Å²) in [4.78, 5) is 11.7. The molecule has 3 nitrogen and oxygen atoms in total. The van der Waals surface area contributed by atoms with E-state index in [0.717, 1.165) is 6.42 Å². The monoisotopic (exact) mass is 253 g/mol. The van der Waals surface area contributed by atoms with E-state index in [2.05, 4.69) is 0 Å². The van der Waals surface area contributed by atoms with Gasteiger partial charge in [0.2, 0.25) is 0 Å². The van der Waals surface area contributed by atoms with Crippen LogP contribution in [0.3, 0.4) is 0 Å². The Hall–Kier alpha value is -0.780.